The second-order valence-corrected chi connectivity index (χ2v) is 10.7. The fraction of sp³-hybridized carbons (Fsp3) is 0.522. The molecule has 3 N–H and O–H groups in total. The third kappa shape index (κ3) is 4.04. The number of hydrogen-bond donors (Lipinski definition) is 3. The highest BCUT2D eigenvalue weighted by Crippen LogP contribution is 2.39. The monoisotopic (exact) mass is 467 g/mol. The Morgan fingerprint density at radius 1 is 1.21 bits per heavy atom. The van der Waals surface area contributed by atoms with Gasteiger partial charge >= 0.3 is 0 Å². The van der Waals surface area contributed by atoms with E-state index < -0.39 is 11.4 Å². The number of nitrogens with one attached hydrogen (secondary N) is 3. The first-order chi connectivity index (χ1) is 15.9. The molecule has 0 radical (unpaired) electrons. The van der Waals surface area contributed by atoms with Crippen LogP contribution in [0.25, 0.3) is 5.69 Å². The zero-order valence-electron chi connectivity index (χ0n) is 20.3. The summed E-state index contributed by atoms with van der Waals surface area (Å²) in [6.45, 7) is 13.1. The van der Waals surface area contributed by atoms with Crippen molar-refractivity contribution in [3.8, 4) is 11.4 Å². The fourth-order valence-corrected chi connectivity index (χ4v) is 5.02. The van der Waals surface area contributed by atoms with Gasteiger partial charge in [0.1, 0.15) is 11.4 Å². The van der Waals surface area contributed by atoms with Crippen molar-refractivity contribution in [1.29, 1.82) is 0 Å². The number of fused-ring (bicyclic) bond motifs is 3. The Morgan fingerprint density at radius 3 is 2.74 bits per heavy atom. The fourth-order valence-electron chi connectivity index (χ4n) is 5.02. The van der Waals surface area contributed by atoms with Crippen molar-refractivity contribution >= 4 is 17.5 Å². The van der Waals surface area contributed by atoms with Gasteiger partial charge in [0.05, 0.1) is 6.20 Å². The molecule has 3 aromatic rings. The van der Waals surface area contributed by atoms with Crippen molar-refractivity contribution < 1.29 is 9.13 Å². The lowest BCUT2D eigenvalue weighted by atomic mass is 9.87. The summed E-state index contributed by atoms with van der Waals surface area (Å²) in [6, 6.07) is 5.53. The van der Waals surface area contributed by atoms with E-state index in [-0.39, 0.29) is 22.8 Å². The summed E-state index contributed by atoms with van der Waals surface area (Å²) in [4.78, 5) is 8.48. The Kier molecular flexibility index (Phi) is 5.01. The lowest BCUT2D eigenvalue weighted by molar-refractivity contribution is 0.0854. The van der Waals surface area contributed by atoms with Crippen molar-refractivity contribution in [2.24, 2.45) is 5.92 Å². The van der Waals surface area contributed by atoms with Crippen molar-refractivity contribution in [2.75, 3.05) is 17.2 Å². The lowest BCUT2D eigenvalue weighted by Gasteiger charge is -2.31. The van der Waals surface area contributed by atoms with Crippen LogP contribution in [0.2, 0.25) is 0 Å². The molecule has 0 spiro atoms. The van der Waals surface area contributed by atoms with Crippen LogP contribution in [0.15, 0.2) is 24.4 Å². The molecule has 180 valence electrons. The van der Waals surface area contributed by atoms with Gasteiger partial charge in [0.25, 0.3) is 0 Å². The summed E-state index contributed by atoms with van der Waals surface area (Å²) in [5.74, 6) is 1.55. The lowest BCUT2D eigenvalue weighted by Crippen LogP contribution is -2.46. The van der Waals surface area contributed by atoms with Crippen LogP contribution in [-0.4, -0.2) is 47.8 Å². The maximum atomic E-state index is 14.5. The minimum atomic E-state index is -0.648. The first kappa shape index (κ1) is 22.5. The molecule has 4 heterocycles. The molecular weight excluding hydrogens is 437 g/mol. The largest absolute Gasteiger partial charge is 0.478 e. The van der Waals surface area contributed by atoms with Crippen LogP contribution in [0, 0.1) is 11.7 Å². The Labute approximate surface area is 197 Å². The van der Waals surface area contributed by atoms with E-state index in [0.717, 1.165) is 6.42 Å². The highest BCUT2D eigenvalue weighted by molar-refractivity contribution is 5.63. The maximum Gasteiger partial charge on any atom is 0.229 e. The molecule has 0 amide bonds. The summed E-state index contributed by atoms with van der Waals surface area (Å²) < 4.78 is 22.2. The van der Waals surface area contributed by atoms with Gasteiger partial charge in [-0.15, -0.1) is 5.10 Å². The summed E-state index contributed by atoms with van der Waals surface area (Å²) >= 11 is 0. The molecule has 2 aliphatic heterocycles. The van der Waals surface area contributed by atoms with Crippen molar-refractivity contribution in [2.45, 2.75) is 64.6 Å². The van der Waals surface area contributed by atoms with Gasteiger partial charge in [0.15, 0.2) is 23.1 Å². The van der Waals surface area contributed by atoms with Gasteiger partial charge in [-0.1, -0.05) is 0 Å². The van der Waals surface area contributed by atoms with Crippen LogP contribution in [-0.2, 0) is 5.60 Å². The van der Waals surface area contributed by atoms with Gasteiger partial charge in [-0.05, 0) is 82.5 Å². The number of tetrazole rings is 1. The van der Waals surface area contributed by atoms with Crippen LogP contribution in [0.5, 0.6) is 5.75 Å². The number of aromatic nitrogens is 6. The van der Waals surface area contributed by atoms with Crippen LogP contribution in [0.1, 0.15) is 53.8 Å². The first-order valence-electron chi connectivity index (χ1n) is 11.4. The zero-order chi connectivity index (χ0) is 24.3. The van der Waals surface area contributed by atoms with E-state index in [0.29, 0.717) is 35.4 Å². The number of ether oxygens (including phenoxy) is 1. The molecule has 1 atom stereocenters. The number of nitrogens with zero attached hydrogens (tertiary/aromatic N) is 6. The van der Waals surface area contributed by atoms with Gasteiger partial charge in [-0.25, -0.2) is 9.37 Å². The van der Waals surface area contributed by atoms with Crippen LogP contribution in [0.3, 0.4) is 0 Å². The van der Waals surface area contributed by atoms with Gasteiger partial charge in [-0.3, -0.25) is 0 Å². The van der Waals surface area contributed by atoms with E-state index in [1.165, 1.54) is 6.20 Å². The highest BCUT2D eigenvalue weighted by Gasteiger charge is 2.43. The molecule has 2 aliphatic rings. The van der Waals surface area contributed by atoms with Crippen molar-refractivity contribution in [1.82, 2.24) is 35.5 Å². The van der Waals surface area contributed by atoms with E-state index in [4.69, 9.17) is 4.74 Å². The van der Waals surface area contributed by atoms with Crippen molar-refractivity contribution in [3.63, 3.8) is 0 Å². The van der Waals surface area contributed by atoms with E-state index in [9.17, 15) is 4.39 Å². The van der Waals surface area contributed by atoms with Crippen LogP contribution < -0.4 is 20.7 Å². The predicted molar refractivity (Wildman–Crippen MR) is 126 cm³/mol. The highest BCUT2D eigenvalue weighted by atomic mass is 19.1. The van der Waals surface area contributed by atoms with E-state index in [1.54, 1.807) is 4.68 Å². The van der Waals surface area contributed by atoms with Gasteiger partial charge in [0, 0.05) is 23.3 Å². The second-order valence-electron chi connectivity index (χ2n) is 10.7. The Hall–Kier alpha value is -3.34. The zero-order valence-corrected chi connectivity index (χ0v) is 20.3. The minimum Gasteiger partial charge on any atom is -0.478 e. The van der Waals surface area contributed by atoms with Gasteiger partial charge < -0.3 is 20.7 Å². The van der Waals surface area contributed by atoms with Crippen molar-refractivity contribution in [3.05, 3.63) is 36.0 Å². The van der Waals surface area contributed by atoms with Gasteiger partial charge in [0.2, 0.25) is 5.95 Å². The average Bonchev–Trinajstić information content (AvgIpc) is 3.31. The summed E-state index contributed by atoms with van der Waals surface area (Å²) in [5, 5.41) is 22.0. The molecule has 5 rings (SSSR count). The third-order valence-electron chi connectivity index (χ3n) is 6.51. The standard InChI is InChI=1S/C23H30FN9O/c1-21(2)10-13(22(3,4)30-21)11-25-18-15(24)12-26-20(28-18)27-14-7-8-17-16(9-14)33-19(29-31-32-33)23(5,6)34-17/h7-9,12-13,30H,10-11H2,1-6H3,(H2,25,26,27,28). The quantitative estimate of drug-likeness (QED) is 0.518. The van der Waals surface area contributed by atoms with E-state index in [2.05, 4.69) is 69.1 Å². The second kappa shape index (κ2) is 7.59. The molecule has 1 aromatic carbocycles. The predicted octanol–water partition coefficient (Wildman–Crippen LogP) is 3.54. The average molecular weight is 468 g/mol. The summed E-state index contributed by atoms with van der Waals surface area (Å²) in [6.07, 6.45) is 2.15. The molecule has 10 nitrogen and oxygen atoms in total. The topological polar surface area (TPSA) is 115 Å². The normalized spacial score (nSPS) is 21.3. The Balaban J connectivity index is 1.34. The molecule has 2 aromatic heterocycles. The summed E-state index contributed by atoms with van der Waals surface area (Å²) in [7, 11) is 0. The smallest absolute Gasteiger partial charge is 0.229 e. The molecular formula is C23H30FN9O. The molecule has 0 saturated carbocycles. The van der Waals surface area contributed by atoms with E-state index >= 15 is 0 Å². The Morgan fingerprint density at radius 2 is 2.00 bits per heavy atom. The molecule has 0 bridgehead atoms. The minimum absolute atomic E-state index is 0.0393. The molecule has 11 heteroatoms. The third-order valence-corrected chi connectivity index (χ3v) is 6.51. The van der Waals surface area contributed by atoms with Crippen LogP contribution in [0.4, 0.5) is 21.8 Å². The molecule has 1 fully saturated rings. The molecule has 0 aliphatic carbocycles. The van der Waals surface area contributed by atoms with E-state index in [1.807, 2.05) is 32.0 Å². The molecule has 1 saturated heterocycles. The number of halogens is 1. The van der Waals surface area contributed by atoms with Crippen LogP contribution >= 0.6 is 0 Å². The summed E-state index contributed by atoms with van der Waals surface area (Å²) in [5.41, 5.74) is 0.727. The maximum absolute atomic E-state index is 14.5. The molecule has 1 unspecified atom stereocenters. The number of hydrogen-bond acceptors (Lipinski definition) is 9. The van der Waals surface area contributed by atoms with Gasteiger partial charge in [-0.2, -0.15) is 9.67 Å². The number of benzene rings is 1. The Bertz CT molecular complexity index is 1240. The number of anilines is 3. The SMILES string of the molecule is CC1(C)CC(CNc2nc(Nc3ccc4c(c3)-n3nnnc3C(C)(C)O4)ncc2F)C(C)(C)N1. The first-order valence-corrected chi connectivity index (χ1v) is 11.4. The molecule has 34 heavy (non-hydrogen) atoms. The number of rotatable bonds is 5.